The van der Waals surface area contributed by atoms with Gasteiger partial charge in [-0.3, -0.25) is 9.69 Å². The Bertz CT molecular complexity index is 603. The monoisotopic (exact) mass is 355 g/mol. The standard InChI is InChI=1S/C22H29NO3/c1-18(25-2)21(14-15-22(24)26-3)23(16-19-10-6-4-7-11-19)17-20-12-8-5-9-13-20/h4-13,18,21H,14-17H2,1-3H3. The van der Waals surface area contributed by atoms with Crippen LogP contribution in [0.3, 0.4) is 0 Å². The van der Waals surface area contributed by atoms with E-state index in [9.17, 15) is 4.79 Å². The van der Waals surface area contributed by atoms with Crippen molar-refractivity contribution in [2.45, 2.75) is 45.0 Å². The van der Waals surface area contributed by atoms with Crippen LogP contribution < -0.4 is 0 Å². The zero-order chi connectivity index (χ0) is 18.8. The van der Waals surface area contributed by atoms with Crippen molar-refractivity contribution >= 4 is 5.97 Å². The van der Waals surface area contributed by atoms with Crippen LogP contribution in [-0.2, 0) is 27.4 Å². The largest absolute Gasteiger partial charge is 0.469 e. The molecule has 0 spiro atoms. The zero-order valence-corrected chi connectivity index (χ0v) is 15.9. The van der Waals surface area contributed by atoms with E-state index in [1.165, 1.54) is 18.2 Å². The van der Waals surface area contributed by atoms with Gasteiger partial charge >= 0.3 is 5.97 Å². The first-order valence-corrected chi connectivity index (χ1v) is 9.05. The second-order valence-corrected chi connectivity index (χ2v) is 6.50. The quantitative estimate of drug-likeness (QED) is 0.603. The predicted molar refractivity (Wildman–Crippen MR) is 104 cm³/mol. The van der Waals surface area contributed by atoms with Crippen molar-refractivity contribution in [3.63, 3.8) is 0 Å². The molecule has 0 aliphatic rings. The summed E-state index contributed by atoms with van der Waals surface area (Å²) in [6, 6.07) is 20.9. The van der Waals surface area contributed by atoms with Crippen molar-refractivity contribution in [1.82, 2.24) is 4.90 Å². The number of carbonyl (C=O) groups is 1. The number of carbonyl (C=O) groups excluding carboxylic acids is 1. The topological polar surface area (TPSA) is 38.8 Å². The van der Waals surface area contributed by atoms with Crippen LogP contribution in [0.4, 0.5) is 0 Å². The highest BCUT2D eigenvalue weighted by atomic mass is 16.5. The van der Waals surface area contributed by atoms with Gasteiger partial charge in [0.2, 0.25) is 0 Å². The molecule has 2 atom stereocenters. The fraction of sp³-hybridized carbons (Fsp3) is 0.409. The molecular formula is C22H29NO3. The molecule has 0 bridgehead atoms. The van der Waals surface area contributed by atoms with E-state index in [1.807, 2.05) is 12.1 Å². The van der Waals surface area contributed by atoms with Gasteiger partial charge in [-0.2, -0.15) is 0 Å². The highest BCUT2D eigenvalue weighted by Gasteiger charge is 2.26. The zero-order valence-electron chi connectivity index (χ0n) is 15.9. The lowest BCUT2D eigenvalue weighted by molar-refractivity contribution is -0.141. The van der Waals surface area contributed by atoms with E-state index in [0.29, 0.717) is 12.8 Å². The molecule has 0 heterocycles. The molecule has 0 radical (unpaired) electrons. The van der Waals surface area contributed by atoms with E-state index < -0.39 is 0 Å². The third-order valence-corrected chi connectivity index (χ3v) is 4.71. The Morgan fingerprint density at radius 1 is 0.923 bits per heavy atom. The molecule has 0 aliphatic carbocycles. The summed E-state index contributed by atoms with van der Waals surface area (Å²) >= 11 is 0. The van der Waals surface area contributed by atoms with E-state index in [0.717, 1.165) is 13.1 Å². The second kappa shape index (κ2) is 10.7. The van der Waals surface area contributed by atoms with Gasteiger partial charge in [0.25, 0.3) is 0 Å². The lowest BCUT2D eigenvalue weighted by Gasteiger charge is -2.35. The van der Waals surface area contributed by atoms with Gasteiger partial charge in [-0.05, 0) is 24.5 Å². The minimum absolute atomic E-state index is 0.00656. The highest BCUT2D eigenvalue weighted by Crippen LogP contribution is 2.20. The second-order valence-electron chi connectivity index (χ2n) is 6.50. The van der Waals surface area contributed by atoms with Gasteiger partial charge in [-0.1, -0.05) is 60.7 Å². The first-order chi connectivity index (χ1) is 12.6. The Hall–Kier alpha value is -2.17. The van der Waals surface area contributed by atoms with Crippen molar-refractivity contribution in [1.29, 1.82) is 0 Å². The molecule has 2 unspecified atom stereocenters. The summed E-state index contributed by atoms with van der Waals surface area (Å²) < 4.78 is 10.5. The Kier molecular flexibility index (Phi) is 8.32. The predicted octanol–water partition coefficient (Wildman–Crippen LogP) is 4.05. The third-order valence-electron chi connectivity index (χ3n) is 4.71. The van der Waals surface area contributed by atoms with Crippen LogP contribution in [-0.4, -0.2) is 37.2 Å². The molecule has 4 heteroatoms. The first-order valence-electron chi connectivity index (χ1n) is 9.05. The maximum absolute atomic E-state index is 11.7. The number of hydrogen-bond donors (Lipinski definition) is 0. The van der Waals surface area contributed by atoms with E-state index >= 15 is 0 Å². The molecule has 26 heavy (non-hydrogen) atoms. The van der Waals surface area contributed by atoms with Crippen LogP contribution in [0, 0.1) is 0 Å². The fourth-order valence-corrected chi connectivity index (χ4v) is 3.17. The lowest BCUT2D eigenvalue weighted by Crippen LogP contribution is -2.42. The van der Waals surface area contributed by atoms with Gasteiger partial charge < -0.3 is 9.47 Å². The van der Waals surface area contributed by atoms with E-state index in [4.69, 9.17) is 9.47 Å². The van der Waals surface area contributed by atoms with Crippen LogP contribution >= 0.6 is 0 Å². The van der Waals surface area contributed by atoms with E-state index in [2.05, 4.69) is 60.4 Å². The van der Waals surface area contributed by atoms with Crippen LogP contribution in [0.5, 0.6) is 0 Å². The molecule has 0 fully saturated rings. The van der Waals surface area contributed by atoms with Gasteiger partial charge in [0.05, 0.1) is 13.2 Å². The van der Waals surface area contributed by atoms with E-state index in [-0.39, 0.29) is 18.1 Å². The molecule has 2 aromatic rings. The summed E-state index contributed by atoms with van der Waals surface area (Å²) in [5.41, 5.74) is 2.49. The molecular weight excluding hydrogens is 326 g/mol. The lowest BCUT2D eigenvalue weighted by atomic mass is 10.0. The van der Waals surface area contributed by atoms with Crippen LogP contribution in [0.15, 0.2) is 60.7 Å². The highest BCUT2D eigenvalue weighted by molar-refractivity contribution is 5.69. The normalized spacial score (nSPS) is 13.4. The molecule has 4 nitrogen and oxygen atoms in total. The van der Waals surface area contributed by atoms with Crippen molar-refractivity contribution in [3.8, 4) is 0 Å². The Morgan fingerprint density at radius 2 is 1.42 bits per heavy atom. The third kappa shape index (κ3) is 6.28. The fourth-order valence-electron chi connectivity index (χ4n) is 3.17. The van der Waals surface area contributed by atoms with Crippen LogP contribution in [0.2, 0.25) is 0 Å². The number of esters is 1. The summed E-state index contributed by atoms with van der Waals surface area (Å²) in [6.45, 7) is 3.66. The van der Waals surface area contributed by atoms with Gasteiger partial charge in [0.1, 0.15) is 0 Å². The molecule has 0 amide bonds. The summed E-state index contributed by atoms with van der Waals surface area (Å²) in [7, 11) is 3.15. The Labute approximate surface area is 156 Å². The van der Waals surface area contributed by atoms with Crippen molar-refractivity contribution in [3.05, 3.63) is 71.8 Å². The molecule has 0 aromatic heterocycles. The number of rotatable bonds is 10. The van der Waals surface area contributed by atoms with Gasteiger partial charge in [0.15, 0.2) is 0 Å². The van der Waals surface area contributed by atoms with Gasteiger partial charge in [-0.15, -0.1) is 0 Å². The number of methoxy groups -OCH3 is 2. The number of ether oxygens (including phenoxy) is 2. The summed E-state index contributed by atoms with van der Waals surface area (Å²) in [4.78, 5) is 14.1. The van der Waals surface area contributed by atoms with Crippen LogP contribution in [0.25, 0.3) is 0 Å². The molecule has 2 rings (SSSR count). The van der Waals surface area contributed by atoms with E-state index in [1.54, 1.807) is 7.11 Å². The van der Waals surface area contributed by atoms with Gasteiger partial charge in [-0.25, -0.2) is 0 Å². The van der Waals surface area contributed by atoms with Crippen molar-refractivity contribution in [2.75, 3.05) is 14.2 Å². The summed E-state index contributed by atoms with van der Waals surface area (Å²) in [6.07, 6.45) is 1.09. The average molecular weight is 355 g/mol. The first kappa shape index (κ1) is 20.1. The molecule has 0 N–H and O–H groups in total. The number of nitrogens with zero attached hydrogens (tertiary/aromatic N) is 1. The maximum Gasteiger partial charge on any atom is 0.305 e. The molecule has 2 aromatic carbocycles. The summed E-state index contributed by atoms with van der Waals surface area (Å²) in [5, 5.41) is 0. The average Bonchev–Trinajstić information content (AvgIpc) is 2.69. The van der Waals surface area contributed by atoms with Crippen molar-refractivity contribution in [2.24, 2.45) is 0 Å². The Balaban J connectivity index is 2.22. The Morgan fingerprint density at radius 3 is 1.85 bits per heavy atom. The number of hydrogen-bond acceptors (Lipinski definition) is 4. The molecule has 0 saturated heterocycles. The molecule has 140 valence electrons. The molecule has 0 aliphatic heterocycles. The van der Waals surface area contributed by atoms with Crippen LogP contribution in [0.1, 0.15) is 30.9 Å². The number of benzene rings is 2. The van der Waals surface area contributed by atoms with Gasteiger partial charge in [0, 0.05) is 32.7 Å². The minimum Gasteiger partial charge on any atom is -0.469 e. The minimum atomic E-state index is -0.183. The van der Waals surface area contributed by atoms with Crippen molar-refractivity contribution < 1.29 is 14.3 Å². The summed E-state index contributed by atoms with van der Waals surface area (Å²) in [5.74, 6) is -0.183. The molecule has 0 saturated carbocycles. The SMILES string of the molecule is COC(=O)CCC(C(C)OC)N(Cc1ccccc1)Cc1ccccc1. The maximum atomic E-state index is 11.7. The smallest absolute Gasteiger partial charge is 0.305 e.